The van der Waals surface area contributed by atoms with Crippen molar-refractivity contribution in [2.75, 3.05) is 27.3 Å². The Kier molecular flexibility index (Phi) is 18.2. The van der Waals surface area contributed by atoms with Crippen molar-refractivity contribution in [2.24, 2.45) is 5.92 Å². The molecule has 3 aromatic rings. The largest absolute Gasteiger partial charge is 0.453 e. The van der Waals surface area contributed by atoms with Crippen molar-refractivity contribution in [2.45, 2.75) is 75.6 Å². The molecular weight excluding hydrogens is 586 g/mol. The topological polar surface area (TPSA) is 111 Å². The second-order valence-electron chi connectivity index (χ2n) is 11.4. The van der Waals surface area contributed by atoms with E-state index in [1.165, 1.54) is 7.11 Å². The number of hydrogen-bond donors (Lipinski definition) is 4. The van der Waals surface area contributed by atoms with Gasteiger partial charge in [0.05, 0.1) is 26.4 Å². The second kappa shape index (κ2) is 21.5. The van der Waals surface area contributed by atoms with E-state index in [4.69, 9.17) is 5.11 Å². The lowest BCUT2D eigenvalue weighted by atomic mass is 9.85. The molecule has 3 atom stereocenters. The molecule has 0 saturated carbocycles. The Morgan fingerprint density at radius 3 is 1.93 bits per heavy atom. The average Bonchev–Trinajstić information content (AvgIpc) is 3.07. The van der Waals surface area contributed by atoms with Crippen LogP contribution in [0.5, 0.6) is 0 Å². The van der Waals surface area contributed by atoms with E-state index in [9.17, 15) is 14.7 Å². The quantitative estimate of drug-likeness (QED) is 0.105. The summed E-state index contributed by atoms with van der Waals surface area (Å²) in [6, 6.07) is 27.2. The minimum absolute atomic E-state index is 0.0730. The summed E-state index contributed by atoms with van der Waals surface area (Å²) in [4.78, 5) is 24.1. The number of aliphatic hydroxyl groups is 2. The number of carbonyl (C=O) groups excluding carboxylic acids is 2. The smallest absolute Gasteiger partial charge is 0.407 e. The van der Waals surface area contributed by atoms with Crippen LogP contribution in [0.2, 0.25) is 0 Å². The summed E-state index contributed by atoms with van der Waals surface area (Å²) in [6.45, 7) is 7.81. The Labute approximate surface area is 273 Å². The van der Waals surface area contributed by atoms with Crippen LogP contribution in [0.4, 0.5) is 4.79 Å². The molecule has 0 heterocycles. The molecule has 0 spiro atoms. The zero-order valence-corrected chi connectivity index (χ0v) is 28.1. The van der Waals surface area contributed by atoms with Crippen LogP contribution in [0.25, 0.3) is 0 Å². The van der Waals surface area contributed by atoms with Gasteiger partial charge < -0.3 is 30.4 Å². The fourth-order valence-corrected chi connectivity index (χ4v) is 6.08. The van der Waals surface area contributed by atoms with Crippen molar-refractivity contribution in [3.8, 4) is 0 Å². The van der Waals surface area contributed by atoms with Crippen LogP contribution in [-0.4, -0.2) is 72.3 Å². The lowest BCUT2D eigenvalue weighted by molar-refractivity contribution is -0.109. The fourth-order valence-electron chi connectivity index (χ4n) is 4.86. The van der Waals surface area contributed by atoms with Crippen LogP contribution in [0.1, 0.15) is 62.6 Å². The van der Waals surface area contributed by atoms with E-state index in [0.717, 1.165) is 53.7 Å². The van der Waals surface area contributed by atoms with E-state index in [2.05, 4.69) is 40.4 Å². The zero-order chi connectivity index (χ0) is 33.0. The van der Waals surface area contributed by atoms with Gasteiger partial charge in [-0.1, -0.05) is 93.1 Å². The van der Waals surface area contributed by atoms with Gasteiger partial charge in [-0.3, -0.25) is 0 Å². The third kappa shape index (κ3) is 13.8. The van der Waals surface area contributed by atoms with E-state index in [1.807, 2.05) is 92.0 Å². The number of ether oxygens (including phenoxy) is 1. The van der Waals surface area contributed by atoms with Gasteiger partial charge in [-0.25, -0.2) is 9.10 Å². The molecule has 1 amide bonds. The Morgan fingerprint density at radius 2 is 1.49 bits per heavy atom. The molecular formula is C36H51N3O5S. The van der Waals surface area contributed by atoms with Gasteiger partial charge in [0, 0.05) is 29.4 Å². The van der Waals surface area contributed by atoms with E-state index in [1.54, 1.807) is 11.9 Å². The van der Waals surface area contributed by atoms with Gasteiger partial charge in [0.2, 0.25) is 0 Å². The first-order valence-electron chi connectivity index (χ1n) is 15.6. The molecule has 0 fully saturated rings. The summed E-state index contributed by atoms with van der Waals surface area (Å²) in [5.74, 6) is 0.281. The molecule has 246 valence electrons. The first-order valence-corrected chi connectivity index (χ1v) is 16.4. The minimum atomic E-state index is -0.692. The summed E-state index contributed by atoms with van der Waals surface area (Å²) < 4.78 is 6.92. The first-order chi connectivity index (χ1) is 21.8. The summed E-state index contributed by atoms with van der Waals surface area (Å²) in [6.07, 6.45) is 3.34. The maximum Gasteiger partial charge on any atom is 0.407 e. The van der Waals surface area contributed by atoms with Gasteiger partial charge in [0.15, 0.2) is 0 Å². The molecule has 0 aromatic heterocycles. The highest BCUT2D eigenvalue weighted by atomic mass is 32.2. The molecule has 0 aliphatic rings. The molecule has 0 radical (unpaired) electrons. The number of carbonyl (C=O) groups is 2. The van der Waals surface area contributed by atoms with Crippen molar-refractivity contribution in [1.82, 2.24) is 14.9 Å². The first kappa shape index (κ1) is 38.0. The highest BCUT2D eigenvalue weighted by Crippen LogP contribution is 2.29. The van der Waals surface area contributed by atoms with E-state index >= 15 is 0 Å². The predicted octanol–water partition coefficient (Wildman–Crippen LogP) is 6.03. The fraction of sp³-hybridized carbons (Fsp3) is 0.444. The third-order valence-electron chi connectivity index (χ3n) is 7.45. The lowest BCUT2D eigenvalue weighted by Crippen LogP contribution is -2.40. The average molecular weight is 638 g/mol. The van der Waals surface area contributed by atoms with Gasteiger partial charge in [-0.2, -0.15) is 0 Å². The number of hydrogen-bond acceptors (Lipinski definition) is 8. The molecule has 3 unspecified atom stereocenters. The summed E-state index contributed by atoms with van der Waals surface area (Å²) >= 11 is 1.71. The van der Waals surface area contributed by atoms with Crippen LogP contribution in [0.3, 0.4) is 0 Å². The van der Waals surface area contributed by atoms with Crippen molar-refractivity contribution < 1.29 is 24.5 Å². The molecule has 0 saturated heterocycles. The molecule has 9 heteroatoms. The summed E-state index contributed by atoms with van der Waals surface area (Å²) in [5, 5.41) is 24.9. The van der Waals surface area contributed by atoms with Crippen LogP contribution >= 0.6 is 11.9 Å². The van der Waals surface area contributed by atoms with Crippen LogP contribution in [0, 0.1) is 5.92 Å². The highest BCUT2D eigenvalue weighted by Gasteiger charge is 2.26. The standard InChI is InChI=1S/C19H34N2O2S.C17H17NO3/c1-15(2)12-21(18(14-23)7-5-6-16(3)20-4)24-19-10-8-17(13-22)9-11-19;1-21-17(20)18-15(12-19)16(13-8-4-2-5-9-13)14-10-6-3-7-11-14/h8-11,15-16,18,20,22-23H,5-7,12-14H2,1-4H3;2-12,15-16H,1H3,(H,18,20). The Morgan fingerprint density at radius 1 is 0.911 bits per heavy atom. The molecule has 0 aliphatic heterocycles. The summed E-state index contributed by atoms with van der Waals surface area (Å²) in [5.41, 5.74) is 2.84. The zero-order valence-electron chi connectivity index (χ0n) is 27.3. The monoisotopic (exact) mass is 637 g/mol. The van der Waals surface area contributed by atoms with Crippen LogP contribution in [-0.2, 0) is 16.1 Å². The number of aliphatic hydroxyl groups excluding tert-OH is 2. The Hall–Kier alpha value is -3.21. The SMILES string of the molecule is CNC(C)CCCC(CO)N(CC(C)C)Sc1ccc(CO)cc1.COC(=O)NC(C=O)C(c1ccccc1)c1ccccc1. The maximum atomic E-state index is 11.5. The normalized spacial score (nSPS) is 13.1. The predicted molar refractivity (Wildman–Crippen MR) is 183 cm³/mol. The molecule has 4 N–H and O–H groups in total. The number of methoxy groups -OCH3 is 1. The van der Waals surface area contributed by atoms with Crippen molar-refractivity contribution >= 4 is 24.3 Å². The molecule has 3 aromatic carbocycles. The van der Waals surface area contributed by atoms with Gasteiger partial charge in [-0.15, -0.1) is 0 Å². The Balaban J connectivity index is 0.000000316. The van der Waals surface area contributed by atoms with Crippen molar-refractivity contribution in [3.05, 3.63) is 102 Å². The van der Waals surface area contributed by atoms with Crippen LogP contribution < -0.4 is 10.6 Å². The number of alkyl carbamates (subject to hydrolysis) is 1. The second-order valence-corrected chi connectivity index (χ2v) is 12.6. The van der Waals surface area contributed by atoms with Crippen LogP contribution in [0.15, 0.2) is 89.8 Å². The molecule has 8 nitrogen and oxygen atoms in total. The molecule has 0 aliphatic carbocycles. The Bertz CT molecular complexity index is 1170. The van der Waals surface area contributed by atoms with E-state index in [0.29, 0.717) is 12.0 Å². The number of amides is 1. The van der Waals surface area contributed by atoms with Crippen molar-refractivity contribution in [1.29, 1.82) is 0 Å². The number of benzene rings is 3. The summed E-state index contributed by atoms with van der Waals surface area (Å²) in [7, 11) is 3.27. The molecule has 45 heavy (non-hydrogen) atoms. The van der Waals surface area contributed by atoms with E-state index in [-0.39, 0.29) is 25.2 Å². The molecule has 3 rings (SSSR count). The van der Waals surface area contributed by atoms with Crippen molar-refractivity contribution in [3.63, 3.8) is 0 Å². The number of aldehydes is 1. The van der Waals surface area contributed by atoms with Gasteiger partial charge in [0.1, 0.15) is 6.29 Å². The maximum absolute atomic E-state index is 11.5. The minimum Gasteiger partial charge on any atom is -0.453 e. The van der Waals surface area contributed by atoms with Gasteiger partial charge in [-0.05, 0) is 73.5 Å². The number of rotatable bonds is 17. The van der Waals surface area contributed by atoms with Gasteiger partial charge >= 0.3 is 6.09 Å². The number of nitrogens with zero attached hydrogens (tertiary/aromatic N) is 1. The van der Waals surface area contributed by atoms with E-state index < -0.39 is 12.1 Å². The molecule has 0 bridgehead atoms. The third-order valence-corrected chi connectivity index (χ3v) is 8.62. The lowest BCUT2D eigenvalue weighted by Gasteiger charge is -2.31. The highest BCUT2D eigenvalue weighted by molar-refractivity contribution is 7.97. The number of nitrogens with one attached hydrogen (secondary N) is 2. The van der Waals surface area contributed by atoms with Gasteiger partial charge in [0.25, 0.3) is 0 Å².